The van der Waals surface area contributed by atoms with Crippen LogP contribution in [-0.4, -0.2) is 23.5 Å². The second-order valence-corrected chi connectivity index (χ2v) is 5.61. The summed E-state index contributed by atoms with van der Waals surface area (Å²) in [7, 11) is 0. The molecule has 2 rings (SSSR count). The lowest BCUT2D eigenvalue weighted by atomic mass is 10.2. The second kappa shape index (κ2) is 6.77. The number of hydrogen-bond acceptors (Lipinski definition) is 5. The van der Waals surface area contributed by atoms with Gasteiger partial charge in [-0.25, -0.2) is 14.2 Å². The Balaban J connectivity index is 2.11. The van der Waals surface area contributed by atoms with Crippen LogP contribution in [0.1, 0.15) is 27.8 Å². The summed E-state index contributed by atoms with van der Waals surface area (Å²) < 4.78 is 19.0. The molecule has 2 aromatic rings. The van der Waals surface area contributed by atoms with Crippen LogP contribution >= 0.6 is 27.3 Å². The van der Waals surface area contributed by atoms with Crippen LogP contribution in [0.4, 0.5) is 9.52 Å². The smallest absolute Gasteiger partial charge is 0.357 e. The Morgan fingerprint density at radius 1 is 1.48 bits per heavy atom. The third-order valence-corrected chi connectivity index (χ3v) is 3.64. The van der Waals surface area contributed by atoms with E-state index in [1.165, 1.54) is 17.5 Å². The lowest BCUT2D eigenvalue weighted by molar-refractivity contribution is 0.0520. The van der Waals surface area contributed by atoms with E-state index in [1.807, 2.05) is 0 Å². The highest BCUT2D eigenvalue weighted by Gasteiger charge is 2.16. The number of esters is 1. The molecule has 0 bridgehead atoms. The van der Waals surface area contributed by atoms with Gasteiger partial charge in [0.15, 0.2) is 10.8 Å². The van der Waals surface area contributed by atoms with Crippen molar-refractivity contribution in [1.82, 2.24) is 4.98 Å². The normalized spacial score (nSPS) is 10.2. The molecule has 1 N–H and O–H groups in total. The molecule has 1 aromatic heterocycles. The monoisotopic (exact) mass is 372 g/mol. The summed E-state index contributed by atoms with van der Waals surface area (Å²) in [6, 6.07) is 4.11. The molecule has 1 aromatic carbocycles. The minimum absolute atomic E-state index is 0.105. The Morgan fingerprint density at radius 2 is 2.24 bits per heavy atom. The van der Waals surface area contributed by atoms with E-state index < -0.39 is 17.7 Å². The molecule has 110 valence electrons. The van der Waals surface area contributed by atoms with Gasteiger partial charge in [0.2, 0.25) is 0 Å². The fourth-order valence-corrected chi connectivity index (χ4v) is 2.48. The van der Waals surface area contributed by atoms with Crippen LogP contribution in [0, 0.1) is 5.82 Å². The van der Waals surface area contributed by atoms with Gasteiger partial charge in [-0.2, -0.15) is 0 Å². The summed E-state index contributed by atoms with van der Waals surface area (Å²) in [5, 5.41) is 4.10. The molecule has 0 unspecified atom stereocenters. The van der Waals surface area contributed by atoms with Gasteiger partial charge in [0.1, 0.15) is 5.82 Å². The van der Waals surface area contributed by atoms with Gasteiger partial charge in [-0.15, -0.1) is 11.3 Å². The summed E-state index contributed by atoms with van der Waals surface area (Å²) in [5.74, 6) is -1.85. The van der Waals surface area contributed by atoms with Crippen LogP contribution in [0.25, 0.3) is 0 Å². The largest absolute Gasteiger partial charge is 0.461 e. The molecule has 0 atom stereocenters. The average molecular weight is 373 g/mol. The first kappa shape index (κ1) is 15.6. The van der Waals surface area contributed by atoms with E-state index in [0.29, 0.717) is 4.47 Å². The van der Waals surface area contributed by atoms with Crippen LogP contribution in [0.5, 0.6) is 0 Å². The fraction of sp³-hybridized carbons (Fsp3) is 0.154. The molecule has 0 saturated carbocycles. The van der Waals surface area contributed by atoms with Crippen LogP contribution in [0.3, 0.4) is 0 Å². The predicted molar refractivity (Wildman–Crippen MR) is 80.1 cm³/mol. The predicted octanol–water partition coefficient (Wildman–Crippen LogP) is 3.47. The van der Waals surface area contributed by atoms with E-state index >= 15 is 0 Å². The topological polar surface area (TPSA) is 68.3 Å². The second-order valence-electron chi connectivity index (χ2n) is 3.84. The van der Waals surface area contributed by atoms with Crippen molar-refractivity contribution >= 4 is 44.3 Å². The lowest BCUT2D eigenvalue weighted by Crippen LogP contribution is -2.14. The van der Waals surface area contributed by atoms with E-state index in [0.717, 1.165) is 11.3 Å². The zero-order valence-electron chi connectivity index (χ0n) is 10.9. The summed E-state index contributed by atoms with van der Waals surface area (Å²) in [4.78, 5) is 27.3. The van der Waals surface area contributed by atoms with Crippen LogP contribution < -0.4 is 5.32 Å². The number of rotatable bonds is 4. The first-order valence-electron chi connectivity index (χ1n) is 5.90. The average Bonchev–Trinajstić information content (AvgIpc) is 2.87. The molecule has 0 aliphatic carbocycles. The summed E-state index contributed by atoms with van der Waals surface area (Å²) in [5.41, 5.74) is -0.000451. The molecule has 21 heavy (non-hydrogen) atoms. The zero-order valence-corrected chi connectivity index (χ0v) is 13.3. The Kier molecular flexibility index (Phi) is 5.03. The maximum atomic E-state index is 13.7. The van der Waals surface area contributed by atoms with Gasteiger partial charge in [-0.05, 0) is 25.1 Å². The summed E-state index contributed by atoms with van der Waals surface area (Å²) >= 11 is 4.17. The molecule has 0 aliphatic heterocycles. The standard InChI is InChI=1S/C13H10BrFN2O3S/c1-2-20-12(19)10-6-21-13(16-10)17-11(18)8-4-3-7(14)5-9(8)15/h3-6H,2H2,1H3,(H,16,17,18). The van der Waals surface area contributed by atoms with E-state index in [4.69, 9.17) is 4.74 Å². The first-order chi connectivity index (χ1) is 10.0. The van der Waals surface area contributed by atoms with E-state index in [-0.39, 0.29) is 23.0 Å². The summed E-state index contributed by atoms with van der Waals surface area (Å²) in [6.07, 6.45) is 0. The van der Waals surface area contributed by atoms with Crippen molar-refractivity contribution in [2.45, 2.75) is 6.92 Å². The van der Waals surface area contributed by atoms with Crippen molar-refractivity contribution in [1.29, 1.82) is 0 Å². The van der Waals surface area contributed by atoms with Crippen LogP contribution in [0.15, 0.2) is 28.1 Å². The number of anilines is 1. The van der Waals surface area contributed by atoms with Gasteiger partial charge in [-0.3, -0.25) is 10.1 Å². The van der Waals surface area contributed by atoms with Gasteiger partial charge in [0.05, 0.1) is 12.2 Å². The number of carbonyl (C=O) groups is 2. The molecule has 0 saturated heterocycles. The number of carbonyl (C=O) groups excluding carboxylic acids is 2. The highest BCUT2D eigenvalue weighted by atomic mass is 79.9. The maximum Gasteiger partial charge on any atom is 0.357 e. The minimum atomic E-state index is -0.649. The van der Waals surface area contributed by atoms with Crippen molar-refractivity contribution in [3.05, 3.63) is 45.1 Å². The van der Waals surface area contributed by atoms with Crippen LogP contribution in [-0.2, 0) is 4.74 Å². The lowest BCUT2D eigenvalue weighted by Gasteiger charge is -2.03. The number of nitrogens with zero attached hydrogens (tertiary/aromatic N) is 1. The summed E-state index contributed by atoms with van der Waals surface area (Å²) in [6.45, 7) is 1.92. The number of nitrogens with one attached hydrogen (secondary N) is 1. The number of halogens is 2. The molecular weight excluding hydrogens is 363 g/mol. The first-order valence-corrected chi connectivity index (χ1v) is 7.57. The minimum Gasteiger partial charge on any atom is -0.461 e. The van der Waals surface area contributed by atoms with Crippen molar-refractivity contribution in [2.24, 2.45) is 0 Å². The number of amides is 1. The third kappa shape index (κ3) is 3.85. The van der Waals surface area contributed by atoms with Gasteiger partial charge in [0.25, 0.3) is 5.91 Å². The molecule has 1 amide bonds. The zero-order chi connectivity index (χ0) is 15.4. The number of aromatic nitrogens is 1. The van der Waals surface area contributed by atoms with Gasteiger partial charge < -0.3 is 4.74 Å². The highest BCUT2D eigenvalue weighted by Crippen LogP contribution is 2.19. The van der Waals surface area contributed by atoms with Gasteiger partial charge in [0, 0.05) is 9.85 Å². The Bertz CT molecular complexity index is 690. The van der Waals surface area contributed by atoms with Crippen molar-refractivity contribution in [2.75, 3.05) is 11.9 Å². The molecule has 0 radical (unpaired) electrons. The molecule has 0 spiro atoms. The van der Waals surface area contributed by atoms with Crippen molar-refractivity contribution in [3.63, 3.8) is 0 Å². The van der Waals surface area contributed by atoms with E-state index in [2.05, 4.69) is 26.2 Å². The van der Waals surface area contributed by atoms with Gasteiger partial charge >= 0.3 is 5.97 Å². The quantitative estimate of drug-likeness (QED) is 0.834. The van der Waals surface area contributed by atoms with E-state index in [1.54, 1.807) is 13.0 Å². The molecule has 0 aliphatic rings. The highest BCUT2D eigenvalue weighted by molar-refractivity contribution is 9.10. The SMILES string of the molecule is CCOC(=O)c1csc(NC(=O)c2ccc(Br)cc2F)n1. The van der Waals surface area contributed by atoms with Crippen molar-refractivity contribution < 1.29 is 18.7 Å². The number of benzene rings is 1. The molecule has 0 fully saturated rings. The number of ether oxygens (including phenoxy) is 1. The maximum absolute atomic E-state index is 13.7. The fourth-order valence-electron chi connectivity index (χ4n) is 1.47. The molecule has 1 heterocycles. The Labute approximate surface area is 132 Å². The van der Waals surface area contributed by atoms with Crippen LogP contribution in [0.2, 0.25) is 0 Å². The van der Waals surface area contributed by atoms with Crippen molar-refractivity contribution in [3.8, 4) is 0 Å². The molecule has 5 nitrogen and oxygen atoms in total. The van der Waals surface area contributed by atoms with E-state index in [9.17, 15) is 14.0 Å². The Morgan fingerprint density at radius 3 is 2.90 bits per heavy atom. The van der Waals surface area contributed by atoms with Gasteiger partial charge in [-0.1, -0.05) is 15.9 Å². The molecular formula is C13H10BrFN2O3S. The Hall–Kier alpha value is -1.80. The third-order valence-electron chi connectivity index (χ3n) is 2.38. The number of hydrogen-bond donors (Lipinski definition) is 1. The number of thiazole rings is 1. The molecule has 8 heteroatoms.